The fraction of sp³-hybridized carbons (Fsp3) is 0.480. The summed E-state index contributed by atoms with van der Waals surface area (Å²) in [6.45, 7) is 4.25. The number of methoxy groups -OCH3 is 3. The van der Waals surface area contributed by atoms with Crippen LogP contribution in [0.1, 0.15) is 31.2 Å². The highest BCUT2D eigenvalue weighted by Gasteiger charge is 2.33. The smallest absolute Gasteiger partial charge is 0.257 e. The number of pyridine rings is 1. The fourth-order valence-electron chi connectivity index (χ4n) is 4.47. The molecule has 0 spiro atoms. The fourth-order valence-corrected chi connectivity index (χ4v) is 4.47. The van der Waals surface area contributed by atoms with Gasteiger partial charge in [-0.15, -0.1) is 5.10 Å². The molecule has 6 nitrogen and oxygen atoms in total. The zero-order valence-corrected chi connectivity index (χ0v) is 18.9. The molecule has 2 aromatic heterocycles. The lowest BCUT2D eigenvalue weighted by Gasteiger charge is -2.24. The summed E-state index contributed by atoms with van der Waals surface area (Å²) in [5.74, 6) is 3.84. The van der Waals surface area contributed by atoms with Gasteiger partial charge in [0.2, 0.25) is 0 Å². The molecule has 0 bridgehead atoms. The number of rotatable bonds is 9. The topological polar surface area (TPSA) is 48.2 Å². The largest absolute Gasteiger partial charge is 0.497 e. The molecule has 6 heteroatoms. The summed E-state index contributed by atoms with van der Waals surface area (Å²) in [4.78, 5) is 2.53. The Bertz CT molecular complexity index is 1090. The third-order valence-electron chi connectivity index (χ3n) is 6.45. The van der Waals surface area contributed by atoms with Crippen LogP contribution in [-0.4, -0.2) is 44.0 Å². The van der Waals surface area contributed by atoms with E-state index in [2.05, 4.69) is 30.0 Å². The molecule has 0 aliphatic heterocycles. The molecule has 1 aromatic carbocycles. The van der Waals surface area contributed by atoms with Gasteiger partial charge in [0.1, 0.15) is 17.2 Å². The molecule has 2 fully saturated rings. The van der Waals surface area contributed by atoms with Crippen molar-refractivity contribution in [1.82, 2.24) is 9.61 Å². The molecule has 0 atom stereocenters. The van der Waals surface area contributed by atoms with Gasteiger partial charge in [-0.2, -0.15) is 0 Å². The summed E-state index contributed by atoms with van der Waals surface area (Å²) in [5.41, 5.74) is 5.27. The number of hydrogen-bond donors (Lipinski definition) is 0. The third kappa shape index (κ3) is 3.80. The molecule has 2 saturated carbocycles. The Balaban J connectivity index is 1.67. The first kappa shape index (κ1) is 20.0. The van der Waals surface area contributed by atoms with E-state index in [1.165, 1.54) is 25.7 Å². The van der Waals surface area contributed by atoms with E-state index in [9.17, 15) is 0 Å². The normalized spacial score (nSPS) is 15.9. The van der Waals surface area contributed by atoms with Crippen molar-refractivity contribution in [2.45, 2.75) is 32.6 Å². The Morgan fingerprint density at radius 1 is 0.968 bits per heavy atom. The second-order valence-corrected chi connectivity index (χ2v) is 8.88. The second kappa shape index (κ2) is 7.98. The maximum atomic E-state index is 5.80. The van der Waals surface area contributed by atoms with Gasteiger partial charge in [0.05, 0.1) is 32.5 Å². The quantitative estimate of drug-likeness (QED) is 0.489. The monoisotopic (exact) mass is 421 g/mol. The highest BCUT2D eigenvalue weighted by molar-refractivity contribution is 5.83. The molecular formula is C25H31N3O3. The highest BCUT2D eigenvalue weighted by atomic mass is 16.5. The lowest BCUT2D eigenvalue weighted by molar-refractivity contribution is 0.393. The molecule has 2 heterocycles. The van der Waals surface area contributed by atoms with E-state index in [4.69, 9.17) is 19.3 Å². The molecule has 0 N–H and O–H groups in total. The van der Waals surface area contributed by atoms with Gasteiger partial charge < -0.3 is 19.1 Å². The van der Waals surface area contributed by atoms with Crippen molar-refractivity contribution in [3.8, 4) is 28.6 Å². The van der Waals surface area contributed by atoms with E-state index in [1.807, 2.05) is 16.6 Å². The van der Waals surface area contributed by atoms with Crippen LogP contribution in [0.25, 0.3) is 16.8 Å². The van der Waals surface area contributed by atoms with Crippen molar-refractivity contribution in [2.75, 3.05) is 39.3 Å². The molecular weight excluding hydrogens is 390 g/mol. The van der Waals surface area contributed by atoms with E-state index < -0.39 is 0 Å². The van der Waals surface area contributed by atoms with Crippen molar-refractivity contribution in [2.24, 2.45) is 11.8 Å². The number of fused-ring (bicyclic) bond motifs is 1. The first-order chi connectivity index (χ1) is 15.1. The van der Waals surface area contributed by atoms with Crippen LogP contribution < -0.4 is 19.1 Å². The molecule has 2 aliphatic carbocycles. The first-order valence-corrected chi connectivity index (χ1v) is 11.2. The molecule has 164 valence electrons. The Labute approximate surface area is 183 Å². The summed E-state index contributed by atoms with van der Waals surface area (Å²) in [7, 11) is 5.09. The van der Waals surface area contributed by atoms with Crippen molar-refractivity contribution in [1.29, 1.82) is 0 Å². The Hall–Kier alpha value is -2.89. The van der Waals surface area contributed by atoms with E-state index in [0.717, 1.165) is 64.4 Å². The second-order valence-electron chi connectivity index (χ2n) is 8.88. The van der Waals surface area contributed by atoms with E-state index >= 15 is 0 Å². The average molecular weight is 422 g/mol. The van der Waals surface area contributed by atoms with Gasteiger partial charge in [-0.3, -0.25) is 0 Å². The van der Waals surface area contributed by atoms with Gasteiger partial charge in [-0.25, -0.2) is 4.52 Å². The number of anilines is 1. The lowest BCUT2D eigenvalue weighted by Crippen LogP contribution is -2.28. The molecule has 2 aliphatic rings. The third-order valence-corrected chi connectivity index (χ3v) is 6.45. The van der Waals surface area contributed by atoms with E-state index in [-0.39, 0.29) is 0 Å². The number of nitrogens with zero attached hydrogens (tertiary/aromatic N) is 3. The van der Waals surface area contributed by atoms with Crippen LogP contribution in [0.15, 0.2) is 30.3 Å². The minimum Gasteiger partial charge on any atom is -0.497 e. The van der Waals surface area contributed by atoms with Gasteiger partial charge >= 0.3 is 0 Å². The summed E-state index contributed by atoms with van der Waals surface area (Å²) >= 11 is 0. The van der Waals surface area contributed by atoms with Crippen molar-refractivity contribution < 1.29 is 14.2 Å². The molecule has 0 unspecified atom stereocenters. The zero-order chi connectivity index (χ0) is 21.5. The molecule has 0 amide bonds. The van der Waals surface area contributed by atoms with Crippen LogP contribution in [-0.2, 0) is 0 Å². The standard InChI is InChI=1S/C25H31N3O3/c1-16-12-19(29-2)13-22(30-3)23(16)20-6-5-7-21-24(25(31-4)26-28(20)21)27(14-17-8-9-17)15-18-10-11-18/h5-7,12-13,17-18H,8-11,14-15H2,1-4H3. The average Bonchev–Trinajstić information content (AvgIpc) is 3.71. The van der Waals surface area contributed by atoms with Crippen molar-refractivity contribution >= 4 is 11.2 Å². The van der Waals surface area contributed by atoms with Gasteiger partial charge in [-0.05, 0) is 68.2 Å². The summed E-state index contributed by atoms with van der Waals surface area (Å²) in [6, 6.07) is 10.3. The molecule has 3 aromatic rings. The number of aryl methyl sites for hydroxylation is 1. The van der Waals surface area contributed by atoms with E-state index in [0.29, 0.717) is 5.88 Å². The minimum atomic E-state index is 0.693. The minimum absolute atomic E-state index is 0.693. The van der Waals surface area contributed by atoms with Gasteiger partial charge in [0.15, 0.2) is 0 Å². The molecule has 0 radical (unpaired) electrons. The lowest BCUT2D eigenvalue weighted by atomic mass is 10.0. The van der Waals surface area contributed by atoms with Gasteiger partial charge in [0, 0.05) is 24.7 Å². The van der Waals surface area contributed by atoms with Crippen LogP contribution >= 0.6 is 0 Å². The van der Waals surface area contributed by atoms with E-state index in [1.54, 1.807) is 21.3 Å². The van der Waals surface area contributed by atoms with Gasteiger partial charge in [-0.1, -0.05) is 6.07 Å². The summed E-state index contributed by atoms with van der Waals surface area (Å²) < 4.78 is 19.0. The van der Waals surface area contributed by atoms with Crippen LogP contribution in [0, 0.1) is 18.8 Å². The maximum Gasteiger partial charge on any atom is 0.257 e. The first-order valence-electron chi connectivity index (χ1n) is 11.2. The number of aromatic nitrogens is 2. The number of hydrogen-bond acceptors (Lipinski definition) is 5. The van der Waals surface area contributed by atoms with Crippen LogP contribution in [0.3, 0.4) is 0 Å². The van der Waals surface area contributed by atoms with Crippen LogP contribution in [0.4, 0.5) is 5.69 Å². The molecule has 0 saturated heterocycles. The Kier molecular flexibility index (Phi) is 5.16. The highest BCUT2D eigenvalue weighted by Crippen LogP contribution is 2.43. The summed E-state index contributed by atoms with van der Waals surface area (Å²) in [6.07, 6.45) is 5.32. The summed E-state index contributed by atoms with van der Waals surface area (Å²) in [5, 5.41) is 4.91. The van der Waals surface area contributed by atoms with Crippen molar-refractivity contribution in [3.63, 3.8) is 0 Å². The maximum absolute atomic E-state index is 5.80. The predicted molar refractivity (Wildman–Crippen MR) is 123 cm³/mol. The zero-order valence-electron chi connectivity index (χ0n) is 18.9. The van der Waals surface area contributed by atoms with Crippen LogP contribution in [0.5, 0.6) is 17.4 Å². The number of benzene rings is 1. The van der Waals surface area contributed by atoms with Gasteiger partial charge in [0.25, 0.3) is 5.88 Å². The molecule has 5 rings (SSSR count). The SMILES string of the molecule is COc1cc(C)c(-c2cccc3c(N(CC4CC4)CC4CC4)c(OC)nn23)c(OC)c1. The Morgan fingerprint density at radius 2 is 1.68 bits per heavy atom. The molecule has 31 heavy (non-hydrogen) atoms. The van der Waals surface area contributed by atoms with Crippen molar-refractivity contribution in [3.05, 3.63) is 35.9 Å². The predicted octanol–water partition coefficient (Wildman–Crippen LogP) is 4.96. The number of ether oxygens (including phenoxy) is 3. The Morgan fingerprint density at radius 3 is 2.26 bits per heavy atom. The van der Waals surface area contributed by atoms with Crippen LogP contribution in [0.2, 0.25) is 0 Å².